The van der Waals surface area contributed by atoms with Gasteiger partial charge in [0, 0.05) is 34.0 Å². The Morgan fingerprint density at radius 1 is 0.239 bits per heavy atom. The maximum atomic E-state index is 2.49. The van der Waals surface area contributed by atoms with E-state index in [1.165, 1.54) is 87.6 Å². The normalized spacial score (nSPS) is 14.3. The van der Waals surface area contributed by atoms with Crippen LogP contribution in [0.25, 0.3) is 65.3 Å². The topological polar surface area (TPSA) is 6.48 Å². The van der Waals surface area contributed by atoms with Gasteiger partial charge in [0.1, 0.15) is 0 Å². The molecule has 12 aromatic carbocycles. The van der Waals surface area contributed by atoms with Crippen molar-refractivity contribution in [2.75, 3.05) is 9.80 Å². The summed E-state index contributed by atoms with van der Waals surface area (Å²) in [7, 11) is 0. The van der Waals surface area contributed by atoms with Crippen molar-refractivity contribution in [1.29, 1.82) is 0 Å². The molecule has 0 saturated heterocycles. The first-order valence-electron chi connectivity index (χ1n) is 23.3. The van der Waals surface area contributed by atoms with Gasteiger partial charge < -0.3 is 9.80 Å². The molecule has 1 atom stereocenters. The molecule has 0 bridgehead atoms. The van der Waals surface area contributed by atoms with Crippen LogP contribution >= 0.6 is 0 Å². The van der Waals surface area contributed by atoms with Crippen LogP contribution in [0.4, 0.5) is 34.1 Å². The Labute approximate surface area is 389 Å². The summed E-state index contributed by atoms with van der Waals surface area (Å²) in [6, 6.07) is 94.5. The third-order valence-corrected chi connectivity index (χ3v) is 14.6. The first-order valence-corrected chi connectivity index (χ1v) is 23.3. The number of para-hydroxylation sites is 2. The molecule has 2 aliphatic rings. The Balaban J connectivity index is 1.03. The molecule has 312 valence electrons. The van der Waals surface area contributed by atoms with Gasteiger partial charge in [0.05, 0.1) is 11.1 Å². The molecule has 1 spiro atoms. The fraction of sp³-hybridized carbons (Fsp3) is 0.0154. The van der Waals surface area contributed by atoms with Crippen molar-refractivity contribution >= 4 is 77.2 Å². The van der Waals surface area contributed by atoms with Gasteiger partial charge in [-0.3, -0.25) is 0 Å². The van der Waals surface area contributed by atoms with E-state index in [0.29, 0.717) is 0 Å². The van der Waals surface area contributed by atoms with E-state index in [2.05, 4.69) is 265 Å². The van der Waals surface area contributed by atoms with Crippen molar-refractivity contribution in [3.05, 3.63) is 277 Å². The first kappa shape index (κ1) is 37.6. The quantitative estimate of drug-likeness (QED) is 0.154. The van der Waals surface area contributed by atoms with Gasteiger partial charge in [-0.25, -0.2) is 0 Å². The number of hydrogen-bond acceptors (Lipinski definition) is 2. The van der Waals surface area contributed by atoms with Crippen LogP contribution in [0.1, 0.15) is 22.3 Å². The average molecular weight is 851 g/mol. The van der Waals surface area contributed by atoms with Gasteiger partial charge in [0.25, 0.3) is 0 Å². The highest BCUT2D eigenvalue weighted by atomic mass is 15.2. The van der Waals surface area contributed by atoms with Gasteiger partial charge >= 0.3 is 0 Å². The number of hydrogen-bond donors (Lipinski definition) is 0. The second-order valence-corrected chi connectivity index (χ2v) is 18.0. The summed E-state index contributed by atoms with van der Waals surface area (Å²) in [6.07, 6.45) is 0. The van der Waals surface area contributed by atoms with E-state index in [-0.39, 0.29) is 0 Å². The first-order chi connectivity index (χ1) is 33.3. The highest BCUT2D eigenvalue weighted by Gasteiger charge is 2.52. The summed E-state index contributed by atoms with van der Waals surface area (Å²) in [5.41, 5.74) is 16.5. The summed E-state index contributed by atoms with van der Waals surface area (Å²) >= 11 is 0. The molecule has 1 unspecified atom stereocenters. The molecule has 2 aliphatic carbocycles. The van der Waals surface area contributed by atoms with Crippen LogP contribution < -0.4 is 9.80 Å². The van der Waals surface area contributed by atoms with E-state index >= 15 is 0 Å². The maximum absolute atomic E-state index is 2.49. The minimum Gasteiger partial charge on any atom is -0.310 e. The Morgan fingerprint density at radius 3 is 1.43 bits per heavy atom. The fourth-order valence-corrected chi connectivity index (χ4v) is 11.9. The van der Waals surface area contributed by atoms with Gasteiger partial charge in [0.2, 0.25) is 0 Å². The molecule has 0 aliphatic heterocycles. The molecule has 0 amide bonds. The highest BCUT2D eigenvalue weighted by Crippen LogP contribution is 2.65. The second-order valence-electron chi connectivity index (χ2n) is 18.0. The molecular formula is C65H42N2. The predicted octanol–water partition coefficient (Wildman–Crippen LogP) is 17.6. The smallest absolute Gasteiger partial charge is 0.0727 e. The minimum absolute atomic E-state index is 0.573. The molecule has 0 fully saturated rings. The molecule has 12 aromatic rings. The van der Waals surface area contributed by atoms with Crippen LogP contribution in [-0.4, -0.2) is 0 Å². The zero-order valence-corrected chi connectivity index (χ0v) is 36.6. The van der Waals surface area contributed by atoms with Gasteiger partial charge in [-0.05, 0) is 149 Å². The van der Waals surface area contributed by atoms with Crippen molar-refractivity contribution in [3.63, 3.8) is 0 Å². The number of anilines is 6. The maximum Gasteiger partial charge on any atom is 0.0727 e. The lowest BCUT2D eigenvalue weighted by Gasteiger charge is -2.33. The molecular weight excluding hydrogens is 809 g/mol. The summed E-state index contributed by atoms with van der Waals surface area (Å²) in [5, 5.41) is 10.0. The van der Waals surface area contributed by atoms with Crippen molar-refractivity contribution in [3.8, 4) is 22.3 Å². The van der Waals surface area contributed by atoms with Crippen LogP contribution in [0.15, 0.2) is 255 Å². The number of fused-ring (bicyclic) bond motifs is 17. The summed E-state index contributed by atoms with van der Waals surface area (Å²) in [4.78, 5) is 4.92. The van der Waals surface area contributed by atoms with Crippen molar-refractivity contribution in [1.82, 2.24) is 0 Å². The van der Waals surface area contributed by atoms with E-state index in [4.69, 9.17) is 0 Å². The van der Waals surface area contributed by atoms with E-state index in [1.54, 1.807) is 0 Å². The van der Waals surface area contributed by atoms with Gasteiger partial charge in [0.15, 0.2) is 0 Å². The van der Waals surface area contributed by atoms with Crippen molar-refractivity contribution < 1.29 is 0 Å². The summed E-state index contributed by atoms with van der Waals surface area (Å²) < 4.78 is 0. The van der Waals surface area contributed by atoms with E-state index in [9.17, 15) is 0 Å². The third kappa shape index (κ3) is 5.45. The molecule has 2 nitrogen and oxygen atoms in total. The molecule has 67 heavy (non-hydrogen) atoms. The van der Waals surface area contributed by atoms with Crippen molar-refractivity contribution in [2.45, 2.75) is 5.41 Å². The lowest BCUT2D eigenvalue weighted by molar-refractivity contribution is 0.793. The number of rotatable bonds is 6. The van der Waals surface area contributed by atoms with Gasteiger partial charge in [-0.2, -0.15) is 0 Å². The van der Waals surface area contributed by atoms with Crippen LogP contribution in [0.5, 0.6) is 0 Å². The van der Waals surface area contributed by atoms with Crippen LogP contribution in [0.3, 0.4) is 0 Å². The van der Waals surface area contributed by atoms with Gasteiger partial charge in [-0.15, -0.1) is 0 Å². The number of benzene rings is 12. The summed E-state index contributed by atoms with van der Waals surface area (Å²) in [5.74, 6) is 0. The Hall–Kier alpha value is -8.72. The highest BCUT2D eigenvalue weighted by molar-refractivity contribution is 6.26. The zero-order chi connectivity index (χ0) is 44.1. The lowest BCUT2D eigenvalue weighted by Crippen LogP contribution is -2.26. The van der Waals surface area contributed by atoms with Crippen LogP contribution in [0.2, 0.25) is 0 Å². The average Bonchev–Trinajstić information content (AvgIpc) is 3.87. The molecule has 2 heteroatoms. The van der Waals surface area contributed by atoms with Crippen molar-refractivity contribution in [2.24, 2.45) is 0 Å². The molecule has 0 aromatic heterocycles. The molecule has 0 heterocycles. The molecule has 14 rings (SSSR count). The Kier molecular flexibility index (Phi) is 8.23. The lowest BCUT2D eigenvalue weighted by atomic mass is 9.70. The second kappa shape index (κ2) is 14.7. The van der Waals surface area contributed by atoms with E-state index < -0.39 is 5.41 Å². The molecule has 0 saturated carbocycles. The third-order valence-electron chi connectivity index (χ3n) is 14.6. The minimum atomic E-state index is -0.573. The van der Waals surface area contributed by atoms with Crippen LogP contribution in [0, 0.1) is 0 Å². The predicted molar refractivity (Wildman–Crippen MR) is 282 cm³/mol. The number of nitrogens with zero attached hydrogens (tertiary/aromatic N) is 2. The largest absolute Gasteiger partial charge is 0.310 e. The Morgan fingerprint density at radius 2 is 0.716 bits per heavy atom. The fourth-order valence-electron chi connectivity index (χ4n) is 11.9. The van der Waals surface area contributed by atoms with Crippen LogP contribution in [-0.2, 0) is 5.41 Å². The zero-order valence-electron chi connectivity index (χ0n) is 36.6. The SMILES string of the molecule is c1ccc(N(c2ccc3c(c2)C2(c4ccccc4-3)c3ccccc3-c3c(N(c4ccccc4)c4ccc5c6ccccc6c6ccccc6c5c4)cccc32)c2ccc3ccccc3c2)cc1. The molecule has 0 N–H and O–H groups in total. The van der Waals surface area contributed by atoms with E-state index in [1.807, 2.05) is 0 Å². The van der Waals surface area contributed by atoms with E-state index in [0.717, 1.165) is 34.1 Å². The monoisotopic (exact) mass is 850 g/mol. The molecule has 0 radical (unpaired) electrons. The Bertz CT molecular complexity index is 3910. The van der Waals surface area contributed by atoms with Gasteiger partial charge in [-0.1, -0.05) is 188 Å². The summed E-state index contributed by atoms with van der Waals surface area (Å²) in [6.45, 7) is 0. The standard InChI is InChI=1S/C65H42N2/c1-3-20-45(21-4-1)66(47-35-34-43-18-7-8-19-44(43)40-47)49-37-39-56-55-28-13-15-30-59(55)65(62(56)42-49)60-31-16-14-29-57(60)64-61(65)32-17-33-63(64)67(46-22-5-2-6-23-46)48-36-38-54-52-26-10-9-24-50(52)51-25-11-12-27-53(51)58(54)41-48/h1-42H.